The Hall–Kier alpha value is -1.35. The van der Waals surface area contributed by atoms with Crippen LogP contribution in [0.25, 0.3) is 0 Å². The SMILES string of the molecule is CCC(CN)C(=O)Nc1cc(C)cc(C)c1. The third-order valence-electron chi connectivity index (χ3n) is 2.64. The van der Waals surface area contributed by atoms with Gasteiger partial charge in [-0.2, -0.15) is 0 Å². The van der Waals surface area contributed by atoms with E-state index in [1.165, 1.54) is 0 Å². The molecule has 3 nitrogen and oxygen atoms in total. The molecule has 3 N–H and O–H groups in total. The number of carbonyl (C=O) groups excluding carboxylic acids is 1. The van der Waals surface area contributed by atoms with E-state index in [9.17, 15) is 4.79 Å². The second-order valence-electron chi connectivity index (χ2n) is 4.21. The van der Waals surface area contributed by atoms with Gasteiger partial charge in [-0.15, -0.1) is 0 Å². The highest BCUT2D eigenvalue weighted by atomic mass is 16.1. The molecule has 0 spiro atoms. The molecule has 0 bridgehead atoms. The molecule has 0 saturated carbocycles. The van der Waals surface area contributed by atoms with Gasteiger partial charge in [-0.05, 0) is 43.5 Å². The van der Waals surface area contributed by atoms with E-state index in [0.29, 0.717) is 6.54 Å². The molecule has 3 heteroatoms. The lowest BCUT2D eigenvalue weighted by molar-refractivity contribution is -0.119. The number of nitrogens with two attached hydrogens (primary N) is 1. The first kappa shape index (κ1) is 12.7. The summed E-state index contributed by atoms with van der Waals surface area (Å²) in [6, 6.07) is 6.01. The summed E-state index contributed by atoms with van der Waals surface area (Å²) in [5, 5.41) is 2.91. The number of benzene rings is 1. The van der Waals surface area contributed by atoms with Crippen LogP contribution in [0.15, 0.2) is 18.2 Å². The van der Waals surface area contributed by atoms with E-state index >= 15 is 0 Å². The van der Waals surface area contributed by atoms with Crippen LogP contribution in [0, 0.1) is 19.8 Å². The van der Waals surface area contributed by atoms with E-state index < -0.39 is 0 Å². The van der Waals surface area contributed by atoms with Crippen molar-refractivity contribution in [2.24, 2.45) is 11.7 Å². The molecular weight excluding hydrogens is 200 g/mol. The molecule has 0 radical (unpaired) electrons. The highest BCUT2D eigenvalue weighted by Gasteiger charge is 2.14. The molecule has 0 aliphatic carbocycles. The molecule has 1 amide bonds. The van der Waals surface area contributed by atoms with Gasteiger partial charge in [0, 0.05) is 12.2 Å². The number of carbonyl (C=O) groups is 1. The van der Waals surface area contributed by atoms with E-state index in [1.807, 2.05) is 32.9 Å². The summed E-state index contributed by atoms with van der Waals surface area (Å²) < 4.78 is 0. The predicted molar refractivity (Wildman–Crippen MR) is 67.4 cm³/mol. The Morgan fingerprint density at radius 2 is 1.88 bits per heavy atom. The molecule has 0 aliphatic heterocycles. The van der Waals surface area contributed by atoms with Crippen molar-refractivity contribution < 1.29 is 4.79 Å². The normalized spacial score (nSPS) is 12.2. The lowest BCUT2D eigenvalue weighted by Crippen LogP contribution is -2.28. The minimum absolute atomic E-state index is 0.00926. The molecule has 1 rings (SSSR count). The monoisotopic (exact) mass is 220 g/mol. The molecule has 16 heavy (non-hydrogen) atoms. The summed E-state index contributed by atoms with van der Waals surface area (Å²) in [6.07, 6.45) is 0.771. The molecule has 0 aromatic heterocycles. The number of rotatable bonds is 4. The third-order valence-corrected chi connectivity index (χ3v) is 2.64. The molecule has 0 fully saturated rings. The van der Waals surface area contributed by atoms with Crippen molar-refractivity contribution >= 4 is 11.6 Å². The van der Waals surface area contributed by atoms with E-state index in [-0.39, 0.29) is 11.8 Å². The van der Waals surface area contributed by atoms with Gasteiger partial charge >= 0.3 is 0 Å². The second kappa shape index (κ2) is 5.66. The molecule has 1 aromatic rings. The Kier molecular flexibility index (Phi) is 4.50. The van der Waals surface area contributed by atoms with Gasteiger partial charge in [-0.1, -0.05) is 13.0 Å². The summed E-state index contributed by atoms with van der Waals surface area (Å²) in [5.41, 5.74) is 8.69. The van der Waals surface area contributed by atoms with Crippen LogP contribution in [0.2, 0.25) is 0 Å². The predicted octanol–water partition coefficient (Wildman–Crippen LogP) is 2.23. The maximum absolute atomic E-state index is 11.8. The molecule has 1 atom stereocenters. The van der Waals surface area contributed by atoms with Gasteiger partial charge in [0.2, 0.25) is 5.91 Å². The average Bonchev–Trinajstić information content (AvgIpc) is 2.17. The lowest BCUT2D eigenvalue weighted by Gasteiger charge is -2.13. The number of hydrogen-bond donors (Lipinski definition) is 2. The summed E-state index contributed by atoms with van der Waals surface area (Å²) in [7, 11) is 0. The van der Waals surface area contributed by atoms with Crippen LogP contribution in [0.1, 0.15) is 24.5 Å². The summed E-state index contributed by atoms with van der Waals surface area (Å²) in [6.45, 7) is 6.40. The molecule has 0 heterocycles. The smallest absolute Gasteiger partial charge is 0.228 e. The summed E-state index contributed by atoms with van der Waals surface area (Å²) in [4.78, 5) is 11.8. The third kappa shape index (κ3) is 3.35. The van der Waals surface area contributed by atoms with Crippen LogP contribution in [-0.2, 0) is 4.79 Å². The second-order valence-corrected chi connectivity index (χ2v) is 4.21. The highest BCUT2D eigenvalue weighted by molar-refractivity contribution is 5.92. The standard InChI is InChI=1S/C13H20N2O/c1-4-11(8-14)13(16)15-12-6-9(2)5-10(3)7-12/h5-7,11H,4,8,14H2,1-3H3,(H,15,16). The van der Waals surface area contributed by atoms with Crippen molar-refractivity contribution in [3.63, 3.8) is 0 Å². The number of amides is 1. The van der Waals surface area contributed by atoms with Gasteiger partial charge in [-0.25, -0.2) is 0 Å². The van der Waals surface area contributed by atoms with Crippen molar-refractivity contribution in [3.8, 4) is 0 Å². The van der Waals surface area contributed by atoms with E-state index in [0.717, 1.165) is 23.2 Å². The zero-order valence-corrected chi connectivity index (χ0v) is 10.2. The van der Waals surface area contributed by atoms with Crippen molar-refractivity contribution in [3.05, 3.63) is 29.3 Å². The van der Waals surface area contributed by atoms with Crippen molar-refractivity contribution in [2.45, 2.75) is 27.2 Å². The molecule has 1 unspecified atom stereocenters. The Labute approximate surface area is 97.0 Å². The number of nitrogens with one attached hydrogen (secondary N) is 1. The minimum Gasteiger partial charge on any atom is -0.330 e. The number of hydrogen-bond acceptors (Lipinski definition) is 2. The quantitative estimate of drug-likeness (QED) is 0.817. The first-order chi connectivity index (χ1) is 7.56. The fourth-order valence-electron chi connectivity index (χ4n) is 1.75. The minimum atomic E-state index is -0.0965. The zero-order valence-electron chi connectivity index (χ0n) is 10.2. The molecule has 0 saturated heterocycles. The Morgan fingerprint density at radius 1 is 1.31 bits per heavy atom. The molecule has 0 aliphatic rings. The van der Waals surface area contributed by atoms with Gasteiger partial charge in [0.1, 0.15) is 0 Å². The van der Waals surface area contributed by atoms with Crippen LogP contribution >= 0.6 is 0 Å². The number of aryl methyl sites for hydroxylation is 2. The van der Waals surface area contributed by atoms with Gasteiger partial charge in [0.25, 0.3) is 0 Å². The average molecular weight is 220 g/mol. The molecule has 1 aromatic carbocycles. The molecule has 88 valence electrons. The van der Waals surface area contributed by atoms with E-state index in [1.54, 1.807) is 0 Å². The van der Waals surface area contributed by atoms with E-state index in [4.69, 9.17) is 5.73 Å². The van der Waals surface area contributed by atoms with Gasteiger partial charge in [0.05, 0.1) is 5.92 Å². The maximum Gasteiger partial charge on any atom is 0.228 e. The Balaban J connectivity index is 2.76. The topological polar surface area (TPSA) is 55.1 Å². The van der Waals surface area contributed by atoms with Crippen LogP contribution in [0.5, 0.6) is 0 Å². The summed E-state index contributed by atoms with van der Waals surface area (Å²) in [5.74, 6) is -0.0872. The van der Waals surface area contributed by atoms with Crippen LogP contribution in [0.4, 0.5) is 5.69 Å². The summed E-state index contributed by atoms with van der Waals surface area (Å²) >= 11 is 0. The Morgan fingerprint density at radius 3 is 2.31 bits per heavy atom. The highest BCUT2D eigenvalue weighted by Crippen LogP contribution is 2.15. The fourth-order valence-corrected chi connectivity index (χ4v) is 1.75. The van der Waals surface area contributed by atoms with Crippen LogP contribution in [-0.4, -0.2) is 12.5 Å². The van der Waals surface area contributed by atoms with Crippen LogP contribution in [0.3, 0.4) is 0 Å². The maximum atomic E-state index is 11.8. The van der Waals surface area contributed by atoms with Crippen molar-refractivity contribution in [1.82, 2.24) is 0 Å². The molecular formula is C13H20N2O. The van der Waals surface area contributed by atoms with Crippen molar-refractivity contribution in [1.29, 1.82) is 0 Å². The van der Waals surface area contributed by atoms with Gasteiger partial charge in [0.15, 0.2) is 0 Å². The number of anilines is 1. The fraction of sp³-hybridized carbons (Fsp3) is 0.462. The first-order valence-electron chi connectivity index (χ1n) is 5.66. The lowest BCUT2D eigenvalue weighted by atomic mass is 10.1. The van der Waals surface area contributed by atoms with Gasteiger partial charge in [-0.3, -0.25) is 4.79 Å². The Bertz CT molecular complexity index is 350. The van der Waals surface area contributed by atoms with Gasteiger partial charge < -0.3 is 11.1 Å². The largest absolute Gasteiger partial charge is 0.330 e. The van der Waals surface area contributed by atoms with E-state index in [2.05, 4.69) is 11.4 Å². The van der Waals surface area contributed by atoms with Crippen LogP contribution < -0.4 is 11.1 Å². The zero-order chi connectivity index (χ0) is 12.1. The van der Waals surface area contributed by atoms with Crippen molar-refractivity contribution in [2.75, 3.05) is 11.9 Å². The first-order valence-corrected chi connectivity index (χ1v) is 5.66.